The molecule has 0 bridgehead atoms. The molecule has 0 aromatic rings. The summed E-state index contributed by atoms with van der Waals surface area (Å²) in [7, 11) is 0. The van der Waals surface area contributed by atoms with Gasteiger partial charge in [-0.15, -0.1) is 5.43 Å². The van der Waals surface area contributed by atoms with Gasteiger partial charge in [0.2, 0.25) is 0 Å². The first-order chi connectivity index (χ1) is 6.79. The zero-order chi connectivity index (χ0) is 10.2. The summed E-state index contributed by atoms with van der Waals surface area (Å²) < 4.78 is 0. The van der Waals surface area contributed by atoms with Crippen LogP contribution in [0.1, 0.15) is 51.4 Å². The minimum Gasteiger partial charge on any atom is -0.235 e. The maximum absolute atomic E-state index is 10.3. The van der Waals surface area contributed by atoms with Gasteiger partial charge in [0.15, 0.2) is 5.03 Å². The molecule has 0 fully saturated rings. The monoisotopic (exact) mass is 198 g/mol. The lowest BCUT2D eigenvalue weighted by molar-refractivity contribution is -0.536. The van der Waals surface area contributed by atoms with Gasteiger partial charge in [-0.25, -0.2) is 10.1 Å². The van der Waals surface area contributed by atoms with Crippen molar-refractivity contribution in [3.05, 3.63) is 21.9 Å². The molecule has 80 valence electrons. The molecule has 0 aliphatic heterocycles. The molecule has 4 nitrogen and oxygen atoms in total. The van der Waals surface area contributed by atoms with Gasteiger partial charge < -0.3 is 0 Å². The van der Waals surface area contributed by atoms with E-state index >= 15 is 0 Å². The SMILES string of the molecule is O=[N+]([O-])N/C1=C\CCCCCCCC1. The first-order valence-corrected chi connectivity index (χ1v) is 5.39. The fraction of sp³-hybridized carbons (Fsp3) is 0.800. The van der Waals surface area contributed by atoms with Gasteiger partial charge in [0.25, 0.3) is 0 Å². The lowest BCUT2D eigenvalue weighted by Crippen LogP contribution is -2.20. The molecule has 0 atom stereocenters. The van der Waals surface area contributed by atoms with Gasteiger partial charge in [-0.1, -0.05) is 31.8 Å². The molecule has 1 N–H and O–H groups in total. The summed E-state index contributed by atoms with van der Waals surface area (Å²) in [4.78, 5) is 10.3. The number of allylic oxidation sites excluding steroid dienone is 2. The third-order valence-corrected chi connectivity index (χ3v) is 2.53. The zero-order valence-corrected chi connectivity index (χ0v) is 8.50. The smallest absolute Gasteiger partial charge is 0.162 e. The number of hydrogen-bond donors (Lipinski definition) is 1. The summed E-state index contributed by atoms with van der Waals surface area (Å²) in [5.74, 6) is 0. The Hall–Kier alpha value is -1.06. The highest BCUT2D eigenvalue weighted by Gasteiger charge is 2.04. The first-order valence-electron chi connectivity index (χ1n) is 5.39. The number of hydrazine groups is 1. The van der Waals surface area contributed by atoms with E-state index in [1.807, 2.05) is 6.08 Å². The molecule has 1 aliphatic rings. The van der Waals surface area contributed by atoms with Crippen LogP contribution in [0, 0.1) is 10.1 Å². The van der Waals surface area contributed by atoms with Crippen molar-refractivity contribution in [3.8, 4) is 0 Å². The van der Waals surface area contributed by atoms with E-state index in [2.05, 4.69) is 5.43 Å². The molecule has 1 aliphatic carbocycles. The number of hydrogen-bond acceptors (Lipinski definition) is 2. The van der Waals surface area contributed by atoms with Crippen LogP contribution in [0.5, 0.6) is 0 Å². The van der Waals surface area contributed by atoms with E-state index in [0.717, 1.165) is 31.4 Å². The predicted octanol–water partition coefficient (Wildman–Crippen LogP) is 2.79. The molecule has 0 radical (unpaired) electrons. The first kappa shape index (κ1) is 11.0. The maximum Gasteiger partial charge on any atom is 0.162 e. The van der Waals surface area contributed by atoms with Crippen LogP contribution in [0.4, 0.5) is 0 Å². The van der Waals surface area contributed by atoms with E-state index in [9.17, 15) is 10.1 Å². The molecule has 4 heteroatoms. The molecule has 0 saturated heterocycles. The zero-order valence-electron chi connectivity index (χ0n) is 8.50. The van der Waals surface area contributed by atoms with E-state index in [1.165, 1.54) is 25.7 Å². The van der Waals surface area contributed by atoms with Gasteiger partial charge in [0.1, 0.15) is 0 Å². The van der Waals surface area contributed by atoms with E-state index in [0.29, 0.717) is 0 Å². The molecule has 0 unspecified atom stereocenters. The molecular weight excluding hydrogens is 180 g/mol. The summed E-state index contributed by atoms with van der Waals surface area (Å²) in [6.07, 6.45) is 11.0. The van der Waals surface area contributed by atoms with Gasteiger partial charge in [-0.05, 0) is 25.7 Å². The van der Waals surface area contributed by atoms with Crippen molar-refractivity contribution in [1.82, 2.24) is 5.43 Å². The maximum atomic E-state index is 10.3. The van der Waals surface area contributed by atoms with Crippen molar-refractivity contribution in [3.63, 3.8) is 0 Å². The third kappa shape index (κ3) is 4.84. The number of nitrogens with zero attached hydrogens (tertiary/aromatic N) is 1. The van der Waals surface area contributed by atoms with Crippen LogP contribution in [-0.2, 0) is 0 Å². The summed E-state index contributed by atoms with van der Waals surface area (Å²) in [5, 5.41) is 9.81. The molecule has 0 spiro atoms. The van der Waals surface area contributed by atoms with Crippen LogP contribution >= 0.6 is 0 Å². The quantitative estimate of drug-likeness (QED) is 0.548. The summed E-state index contributed by atoms with van der Waals surface area (Å²) in [6, 6.07) is 0. The standard InChI is InChI=1S/C10H18N2O2/c13-12(14)11-10-8-6-4-2-1-3-5-7-9-10/h8,11H,1-7,9H2/b10-8-. The Labute approximate surface area is 84.5 Å². The van der Waals surface area contributed by atoms with Gasteiger partial charge in [0.05, 0.1) is 5.70 Å². The van der Waals surface area contributed by atoms with Crippen LogP contribution < -0.4 is 5.43 Å². The number of rotatable bonds is 2. The second-order valence-electron chi connectivity index (χ2n) is 3.76. The van der Waals surface area contributed by atoms with E-state index in [4.69, 9.17) is 0 Å². The van der Waals surface area contributed by atoms with Gasteiger partial charge in [-0.2, -0.15) is 0 Å². The molecular formula is C10H18N2O2. The summed E-state index contributed by atoms with van der Waals surface area (Å²) in [6.45, 7) is 0. The molecule has 14 heavy (non-hydrogen) atoms. The number of nitro groups is 1. The van der Waals surface area contributed by atoms with E-state index in [1.54, 1.807) is 0 Å². The Balaban J connectivity index is 2.41. The van der Waals surface area contributed by atoms with Crippen LogP contribution in [0.25, 0.3) is 0 Å². The Morgan fingerprint density at radius 2 is 1.79 bits per heavy atom. The molecule has 0 amide bonds. The highest BCUT2D eigenvalue weighted by molar-refractivity contribution is 4.97. The minimum absolute atomic E-state index is 0.461. The second kappa shape index (κ2) is 6.40. The highest BCUT2D eigenvalue weighted by Crippen LogP contribution is 2.15. The lowest BCUT2D eigenvalue weighted by atomic mass is 10.0. The third-order valence-electron chi connectivity index (χ3n) is 2.53. The second-order valence-corrected chi connectivity index (χ2v) is 3.76. The minimum atomic E-state index is -0.461. The number of nitrogens with one attached hydrogen (secondary N) is 1. The van der Waals surface area contributed by atoms with Crippen LogP contribution in [0.15, 0.2) is 11.8 Å². The van der Waals surface area contributed by atoms with Crippen molar-refractivity contribution in [1.29, 1.82) is 0 Å². The Morgan fingerprint density at radius 1 is 1.14 bits per heavy atom. The van der Waals surface area contributed by atoms with Crippen molar-refractivity contribution in [2.75, 3.05) is 0 Å². The predicted molar refractivity (Wildman–Crippen MR) is 55.1 cm³/mol. The summed E-state index contributed by atoms with van der Waals surface area (Å²) >= 11 is 0. The molecule has 1 rings (SSSR count). The molecule has 0 saturated carbocycles. The molecule has 0 aromatic heterocycles. The topological polar surface area (TPSA) is 55.2 Å². The van der Waals surface area contributed by atoms with Gasteiger partial charge in [0, 0.05) is 0 Å². The van der Waals surface area contributed by atoms with Crippen molar-refractivity contribution in [2.24, 2.45) is 0 Å². The normalized spacial score (nSPS) is 23.3. The van der Waals surface area contributed by atoms with Gasteiger partial charge >= 0.3 is 0 Å². The lowest BCUT2D eigenvalue weighted by Gasteiger charge is -2.07. The summed E-state index contributed by atoms with van der Waals surface area (Å²) in [5.41, 5.74) is 3.07. The van der Waals surface area contributed by atoms with Crippen LogP contribution in [0.2, 0.25) is 0 Å². The molecule has 0 aromatic carbocycles. The fourth-order valence-corrected chi connectivity index (χ4v) is 1.76. The van der Waals surface area contributed by atoms with Crippen molar-refractivity contribution < 1.29 is 5.03 Å². The average Bonchev–Trinajstić information content (AvgIpc) is 2.15. The largest absolute Gasteiger partial charge is 0.235 e. The van der Waals surface area contributed by atoms with E-state index < -0.39 is 5.03 Å². The highest BCUT2D eigenvalue weighted by atomic mass is 16.7. The Bertz CT molecular complexity index is 214. The van der Waals surface area contributed by atoms with E-state index in [-0.39, 0.29) is 0 Å². The van der Waals surface area contributed by atoms with Crippen molar-refractivity contribution in [2.45, 2.75) is 51.4 Å². The Kier molecular flexibility index (Phi) is 5.04. The van der Waals surface area contributed by atoms with Gasteiger partial charge in [-0.3, -0.25) is 0 Å². The Morgan fingerprint density at radius 3 is 2.50 bits per heavy atom. The van der Waals surface area contributed by atoms with Crippen LogP contribution in [-0.4, -0.2) is 5.03 Å². The fourth-order valence-electron chi connectivity index (χ4n) is 1.76. The van der Waals surface area contributed by atoms with Crippen molar-refractivity contribution >= 4 is 0 Å². The van der Waals surface area contributed by atoms with Crippen LogP contribution in [0.3, 0.4) is 0 Å². The average molecular weight is 198 g/mol. The molecule has 0 heterocycles.